The predicted octanol–water partition coefficient (Wildman–Crippen LogP) is 6.20. The van der Waals surface area contributed by atoms with Gasteiger partial charge in [-0.1, -0.05) is 18.2 Å². The molecule has 11 heteroatoms. The summed E-state index contributed by atoms with van der Waals surface area (Å²) in [7, 11) is 1.45. The van der Waals surface area contributed by atoms with E-state index < -0.39 is 24.2 Å². The second-order valence-corrected chi connectivity index (χ2v) is 9.89. The maximum atomic E-state index is 13.9. The number of benzene rings is 3. The molecule has 2 aromatic heterocycles. The number of nitrogens with one attached hydrogen (secondary N) is 2. The number of nitrogens with zero attached hydrogens (tertiary/aromatic N) is 2. The molecule has 0 aliphatic carbocycles. The van der Waals surface area contributed by atoms with E-state index in [1.807, 2.05) is 24.3 Å². The summed E-state index contributed by atoms with van der Waals surface area (Å²) < 4.78 is 38.5. The standard InChI is InChI=1S/C34H31FN4O6/c1-22-11-12-23(2)39(22)25-13-15-26(16-14-25)43-20-27-17-18-31(45-27)34(41)38-36-19-24-7-6-10-30(42-3)33(24)44-21-32(40)37-29-9-5-4-8-28(29)35/h4-19H,20-21H2,1-3H3,(H,37,40)(H,38,41). The van der Waals surface area contributed by atoms with Crippen LogP contribution in [0.5, 0.6) is 17.2 Å². The zero-order valence-corrected chi connectivity index (χ0v) is 24.9. The average Bonchev–Trinajstić information content (AvgIpc) is 3.66. The lowest BCUT2D eigenvalue weighted by atomic mass is 10.2. The van der Waals surface area contributed by atoms with Crippen LogP contribution in [0.4, 0.5) is 10.1 Å². The first-order valence-corrected chi connectivity index (χ1v) is 14.0. The molecule has 0 saturated heterocycles. The number of amides is 2. The summed E-state index contributed by atoms with van der Waals surface area (Å²) in [5, 5.41) is 6.46. The number of hydrogen-bond donors (Lipinski definition) is 2. The molecule has 0 saturated carbocycles. The molecular formula is C34H31FN4O6. The summed E-state index contributed by atoms with van der Waals surface area (Å²) in [5.41, 5.74) is 6.20. The molecule has 0 spiro atoms. The molecule has 10 nitrogen and oxygen atoms in total. The zero-order chi connectivity index (χ0) is 31.8. The second-order valence-electron chi connectivity index (χ2n) is 9.89. The third kappa shape index (κ3) is 7.57. The Morgan fingerprint density at radius 2 is 1.67 bits per heavy atom. The van der Waals surface area contributed by atoms with Gasteiger partial charge in [0, 0.05) is 22.6 Å². The van der Waals surface area contributed by atoms with Crippen LogP contribution in [0.1, 0.15) is 33.3 Å². The van der Waals surface area contributed by atoms with Gasteiger partial charge in [0.1, 0.15) is 23.9 Å². The fourth-order valence-corrected chi connectivity index (χ4v) is 4.55. The molecule has 0 aliphatic heterocycles. The summed E-state index contributed by atoms with van der Waals surface area (Å²) in [6.45, 7) is 3.82. The minimum absolute atomic E-state index is 0.0377. The van der Waals surface area contributed by atoms with Gasteiger partial charge in [-0.15, -0.1) is 0 Å². The van der Waals surface area contributed by atoms with Gasteiger partial charge in [-0.05, 0) is 86.6 Å². The number of hydrogen-bond acceptors (Lipinski definition) is 7. The van der Waals surface area contributed by atoms with Crippen molar-refractivity contribution in [3.63, 3.8) is 0 Å². The number of carbonyl (C=O) groups excluding carboxylic acids is 2. The van der Waals surface area contributed by atoms with Crippen molar-refractivity contribution in [3.8, 4) is 22.9 Å². The van der Waals surface area contributed by atoms with Crippen molar-refractivity contribution in [2.45, 2.75) is 20.5 Å². The van der Waals surface area contributed by atoms with Crippen LogP contribution in [0, 0.1) is 19.7 Å². The van der Waals surface area contributed by atoms with Crippen LogP contribution in [-0.2, 0) is 11.4 Å². The Kier molecular flexibility index (Phi) is 9.58. The van der Waals surface area contributed by atoms with E-state index >= 15 is 0 Å². The number of furan rings is 1. The monoisotopic (exact) mass is 610 g/mol. The van der Waals surface area contributed by atoms with Crippen molar-refractivity contribution in [3.05, 3.63) is 125 Å². The number of anilines is 1. The first-order valence-electron chi connectivity index (χ1n) is 14.0. The van der Waals surface area contributed by atoms with Crippen molar-refractivity contribution in [1.82, 2.24) is 9.99 Å². The molecule has 2 heterocycles. The van der Waals surface area contributed by atoms with Gasteiger partial charge in [-0.2, -0.15) is 5.10 Å². The van der Waals surface area contributed by atoms with Crippen LogP contribution < -0.4 is 25.0 Å². The van der Waals surface area contributed by atoms with Gasteiger partial charge in [0.2, 0.25) is 0 Å². The highest BCUT2D eigenvalue weighted by atomic mass is 19.1. The maximum Gasteiger partial charge on any atom is 0.307 e. The highest BCUT2D eigenvalue weighted by Crippen LogP contribution is 2.30. The van der Waals surface area contributed by atoms with E-state index in [9.17, 15) is 14.0 Å². The van der Waals surface area contributed by atoms with Crippen LogP contribution in [0.25, 0.3) is 5.69 Å². The number of para-hydroxylation sites is 2. The molecule has 0 bridgehead atoms. The number of aryl methyl sites for hydroxylation is 2. The summed E-state index contributed by atoms with van der Waals surface area (Å²) in [6, 6.07) is 25.9. The Labute approximate surface area is 259 Å². The highest BCUT2D eigenvalue weighted by Gasteiger charge is 2.15. The topological polar surface area (TPSA) is 116 Å². The molecule has 5 aromatic rings. The molecule has 3 aromatic carbocycles. The van der Waals surface area contributed by atoms with Gasteiger partial charge in [0.05, 0.1) is 19.0 Å². The van der Waals surface area contributed by atoms with E-state index in [2.05, 4.69) is 46.4 Å². The highest BCUT2D eigenvalue weighted by molar-refractivity contribution is 5.94. The lowest BCUT2D eigenvalue weighted by Gasteiger charge is -2.13. The van der Waals surface area contributed by atoms with Gasteiger partial charge in [-0.3, -0.25) is 9.59 Å². The summed E-state index contributed by atoms with van der Waals surface area (Å²) in [4.78, 5) is 25.0. The number of aromatic nitrogens is 1. The van der Waals surface area contributed by atoms with Gasteiger partial charge in [0.25, 0.3) is 5.91 Å². The Hall–Kier alpha value is -5.84. The zero-order valence-electron chi connectivity index (χ0n) is 24.9. The average molecular weight is 611 g/mol. The number of rotatable bonds is 12. The molecular weight excluding hydrogens is 579 g/mol. The number of carbonyl (C=O) groups is 2. The fourth-order valence-electron chi connectivity index (χ4n) is 4.55. The molecule has 0 unspecified atom stereocenters. The quantitative estimate of drug-likeness (QED) is 0.128. The van der Waals surface area contributed by atoms with Crippen LogP contribution in [0.3, 0.4) is 0 Å². The number of methoxy groups -OCH3 is 1. The molecule has 5 rings (SSSR count). The van der Waals surface area contributed by atoms with E-state index in [4.69, 9.17) is 18.6 Å². The van der Waals surface area contributed by atoms with Crippen molar-refractivity contribution in [2.24, 2.45) is 5.10 Å². The SMILES string of the molecule is COc1cccc(C=NNC(=O)c2ccc(COc3ccc(-n4c(C)ccc4C)cc3)o2)c1OCC(=O)Nc1ccccc1F. The largest absolute Gasteiger partial charge is 0.493 e. The summed E-state index contributed by atoms with van der Waals surface area (Å²) in [6.07, 6.45) is 1.35. The van der Waals surface area contributed by atoms with Crippen molar-refractivity contribution >= 4 is 23.7 Å². The molecule has 0 aliphatic rings. The third-order valence-corrected chi connectivity index (χ3v) is 6.73. The third-order valence-electron chi connectivity index (χ3n) is 6.73. The van der Waals surface area contributed by atoms with Crippen LogP contribution in [0.15, 0.2) is 101 Å². The van der Waals surface area contributed by atoms with Gasteiger partial charge in [-0.25, -0.2) is 9.82 Å². The lowest BCUT2D eigenvalue weighted by molar-refractivity contribution is -0.118. The van der Waals surface area contributed by atoms with E-state index in [1.54, 1.807) is 30.3 Å². The summed E-state index contributed by atoms with van der Waals surface area (Å²) >= 11 is 0. The Balaban J connectivity index is 1.15. The van der Waals surface area contributed by atoms with E-state index in [0.717, 1.165) is 17.1 Å². The van der Waals surface area contributed by atoms with Crippen LogP contribution in [0.2, 0.25) is 0 Å². The Morgan fingerprint density at radius 1 is 0.911 bits per heavy atom. The molecule has 0 radical (unpaired) electrons. The smallest absolute Gasteiger partial charge is 0.307 e. The fraction of sp³-hybridized carbons (Fsp3) is 0.147. The number of ether oxygens (including phenoxy) is 3. The molecule has 0 fully saturated rings. The van der Waals surface area contributed by atoms with E-state index in [1.165, 1.54) is 37.6 Å². The van der Waals surface area contributed by atoms with Crippen molar-refractivity contribution < 1.29 is 32.6 Å². The lowest BCUT2D eigenvalue weighted by Crippen LogP contribution is -2.21. The van der Waals surface area contributed by atoms with Crippen molar-refractivity contribution in [2.75, 3.05) is 19.0 Å². The van der Waals surface area contributed by atoms with Gasteiger partial charge < -0.3 is 28.5 Å². The molecule has 2 amide bonds. The van der Waals surface area contributed by atoms with Crippen LogP contribution >= 0.6 is 0 Å². The Bertz CT molecular complexity index is 1810. The van der Waals surface area contributed by atoms with E-state index in [0.29, 0.717) is 22.8 Å². The maximum absolute atomic E-state index is 13.9. The van der Waals surface area contributed by atoms with Crippen molar-refractivity contribution in [1.29, 1.82) is 0 Å². The minimum atomic E-state index is -0.575. The molecule has 230 valence electrons. The first kappa shape index (κ1) is 30.6. The normalized spacial score (nSPS) is 10.9. The molecule has 2 N–H and O–H groups in total. The number of halogens is 1. The summed E-state index contributed by atoms with van der Waals surface area (Å²) in [5.74, 6) is 0.0119. The number of hydrazone groups is 1. The van der Waals surface area contributed by atoms with E-state index in [-0.39, 0.29) is 23.8 Å². The molecule has 45 heavy (non-hydrogen) atoms. The first-order chi connectivity index (χ1) is 21.8. The molecule has 0 atom stereocenters. The second kappa shape index (κ2) is 14.1. The van der Waals surface area contributed by atoms with Gasteiger partial charge >= 0.3 is 5.91 Å². The predicted molar refractivity (Wildman–Crippen MR) is 167 cm³/mol. The minimum Gasteiger partial charge on any atom is -0.493 e. The van der Waals surface area contributed by atoms with Crippen LogP contribution in [-0.4, -0.2) is 36.3 Å². The Morgan fingerprint density at radius 3 is 2.40 bits per heavy atom. The van der Waals surface area contributed by atoms with Gasteiger partial charge in [0.15, 0.2) is 23.9 Å².